The minimum absolute atomic E-state index is 0.0183. The Morgan fingerprint density at radius 3 is 2.41 bits per heavy atom. The molecule has 0 aromatic heterocycles. The standard InChI is InChI=1S/C24H29NO4/c1-15-12-22(28-3)23(29-4)14-20(15)16(2)25-24(27)11-10-21(26)19-9-8-17-6-5-7-18(17)13-19/h8-9,12-14,16H,5-7,10-11H2,1-4H3,(H,25,27). The smallest absolute Gasteiger partial charge is 0.220 e. The lowest BCUT2D eigenvalue weighted by atomic mass is 10.00. The van der Waals surface area contributed by atoms with Gasteiger partial charge in [0.25, 0.3) is 0 Å². The van der Waals surface area contributed by atoms with Gasteiger partial charge in [-0.2, -0.15) is 0 Å². The Bertz CT molecular complexity index is 919. The van der Waals surface area contributed by atoms with Crippen LogP contribution in [0.15, 0.2) is 30.3 Å². The van der Waals surface area contributed by atoms with E-state index in [2.05, 4.69) is 11.4 Å². The zero-order chi connectivity index (χ0) is 21.0. The second kappa shape index (κ2) is 9.12. The number of amides is 1. The number of carbonyl (C=O) groups is 2. The normalized spacial score (nSPS) is 13.5. The first-order valence-electron chi connectivity index (χ1n) is 10.1. The Kier molecular flexibility index (Phi) is 6.57. The third-order valence-corrected chi connectivity index (χ3v) is 5.62. The second-order valence-corrected chi connectivity index (χ2v) is 7.61. The fraction of sp³-hybridized carbons (Fsp3) is 0.417. The molecule has 154 valence electrons. The van der Waals surface area contributed by atoms with Crippen molar-refractivity contribution in [2.75, 3.05) is 14.2 Å². The number of fused-ring (bicyclic) bond motifs is 1. The van der Waals surface area contributed by atoms with Crippen LogP contribution in [-0.4, -0.2) is 25.9 Å². The second-order valence-electron chi connectivity index (χ2n) is 7.61. The maximum absolute atomic E-state index is 12.5. The van der Waals surface area contributed by atoms with Gasteiger partial charge in [-0.15, -0.1) is 0 Å². The van der Waals surface area contributed by atoms with E-state index in [4.69, 9.17) is 9.47 Å². The van der Waals surface area contributed by atoms with Crippen molar-refractivity contribution in [3.63, 3.8) is 0 Å². The lowest BCUT2D eigenvalue weighted by Crippen LogP contribution is -2.27. The van der Waals surface area contributed by atoms with Gasteiger partial charge >= 0.3 is 0 Å². The molecule has 1 unspecified atom stereocenters. The molecular formula is C24H29NO4. The molecular weight excluding hydrogens is 366 g/mol. The van der Waals surface area contributed by atoms with Crippen molar-refractivity contribution in [2.45, 2.75) is 52.0 Å². The summed E-state index contributed by atoms with van der Waals surface area (Å²) in [6.45, 7) is 3.89. The highest BCUT2D eigenvalue weighted by molar-refractivity contribution is 5.98. The summed E-state index contributed by atoms with van der Waals surface area (Å²) in [5, 5.41) is 2.99. The molecule has 2 aromatic rings. The van der Waals surface area contributed by atoms with Crippen LogP contribution in [0.1, 0.15) is 64.8 Å². The molecule has 0 heterocycles. The largest absolute Gasteiger partial charge is 0.493 e. The first-order valence-corrected chi connectivity index (χ1v) is 10.1. The molecule has 1 aliphatic rings. The average Bonchev–Trinajstić information content (AvgIpc) is 3.19. The van der Waals surface area contributed by atoms with Crippen LogP contribution in [0.2, 0.25) is 0 Å². The van der Waals surface area contributed by atoms with Crippen LogP contribution >= 0.6 is 0 Å². The minimum Gasteiger partial charge on any atom is -0.493 e. The van der Waals surface area contributed by atoms with Crippen LogP contribution in [0.25, 0.3) is 0 Å². The number of rotatable bonds is 8. The molecule has 0 aliphatic heterocycles. The van der Waals surface area contributed by atoms with Crippen LogP contribution in [0, 0.1) is 6.92 Å². The van der Waals surface area contributed by atoms with Crippen molar-refractivity contribution in [1.82, 2.24) is 5.32 Å². The van der Waals surface area contributed by atoms with Gasteiger partial charge in [0.05, 0.1) is 20.3 Å². The summed E-state index contributed by atoms with van der Waals surface area (Å²) >= 11 is 0. The summed E-state index contributed by atoms with van der Waals surface area (Å²) in [5.74, 6) is 1.17. The highest BCUT2D eigenvalue weighted by Crippen LogP contribution is 2.33. The molecule has 1 aliphatic carbocycles. The van der Waals surface area contributed by atoms with Gasteiger partial charge in [0.1, 0.15) is 0 Å². The summed E-state index contributed by atoms with van der Waals surface area (Å²) in [7, 11) is 3.19. The molecule has 2 aromatic carbocycles. The molecule has 0 radical (unpaired) electrons. The number of ether oxygens (including phenoxy) is 2. The van der Waals surface area contributed by atoms with E-state index in [9.17, 15) is 9.59 Å². The first kappa shape index (κ1) is 20.9. The van der Waals surface area contributed by atoms with Gasteiger partial charge in [-0.05, 0) is 73.6 Å². The SMILES string of the molecule is COc1cc(C)c(C(C)NC(=O)CCC(=O)c2ccc3c(c2)CCC3)cc1OC. The first-order chi connectivity index (χ1) is 13.9. The third-order valence-electron chi connectivity index (χ3n) is 5.62. The van der Waals surface area contributed by atoms with Gasteiger partial charge < -0.3 is 14.8 Å². The average molecular weight is 395 g/mol. The molecule has 1 atom stereocenters. The van der Waals surface area contributed by atoms with Crippen molar-refractivity contribution in [1.29, 1.82) is 0 Å². The number of benzene rings is 2. The summed E-state index contributed by atoms with van der Waals surface area (Å²) in [6.07, 6.45) is 3.68. The number of Topliss-reactive ketones (excluding diaryl/α,β-unsaturated/α-hetero) is 1. The third kappa shape index (κ3) is 4.78. The molecule has 29 heavy (non-hydrogen) atoms. The lowest BCUT2D eigenvalue weighted by Gasteiger charge is -2.19. The number of methoxy groups -OCH3 is 2. The molecule has 0 spiro atoms. The van der Waals surface area contributed by atoms with Crippen LogP contribution < -0.4 is 14.8 Å². The van der Waals surface area contributed by atoms with E-state index in [1.165, 1.54) is 11.1 Å². The zero-order valence-electron chi connectivity index (χ0n) is 17.6. The van der Waals surface area contributed by atoms with Crippen LogP contribution in [0.5, 0.6) is 11.5 Å². The lowest BCUT2D eigenvalue weighted by molar-refractivity contribution is -0.121. The van der Waals surface area contributed by atoms with E-state index in [0.29, 0.717) is 17.1 Å². The van der Waals surface area contributed by atoms with E-state index in [-0.39, 0.29) is 30.6 Å². The van der Waals surface area contributed by atoms with E-state index in [1.54, 1.807) is 14.2 Å². The van der Waals surface area contributed by atoms with E-state index in [0.717, 1.165) is 30.4 Å². The molecule has 0 bridgehead atoms. The molecule has 1 N–H and O–H groups in total. The molecule has 3 rings (SSSR count). The number of carbonyl (C=O) groups excluding carboxylic acids is 2. The Morgan fingerprint density at radius 1 is 1.00 bits per heavy atom. The maximum atomic E-state index is 12.5. The molecule has 0 fully saturated rings. The van der Waals surface area contributed by atoms with Crippen LogP contribution in [-0.2, 0) is 17.6 Å². The summed E-state index contributed by atoms with van der Waals surface area (Å²) < 4.78 is 10.7. The fourth-order valence-corrected chi connectivity index (χ4v) is 3.97. The van der Waals surface area contributed by atoms with Crippen molar-refractivity contribution in [3.8, 4) is 11.5 Å². The highest BCUT2D eigenvalue weighted by Gasteiger charge is 2.18. The predicted molar refractivity (Wildman–Crippen MR) is 113 cm³/mol. The van der Waals surface area contributed by atoms with Crippen LogP contribution in [0.4, 0.5) is 0 Å². The number of ketones is 1. The Labute approximate surface area is 172 Å². The summed E-state index contributed by atoms with van der Waals surface area (Å²) in [4.78, 5) is 24.9. The zero-order valence-corrected chi connectivity index (χ0v) is 17.6. The molecule has 5 heteroatoms. The van der Waals surface area contributed by atoms with Gasteiger partial charge in [-0.1, -0.05) is 12.1 Å². The topological polar surface area (TPSA) is 64.6 Å². The van der Waals surface area contributed by atoms with E-state index in [1.807, 2.05) is 38.1 Å². The number of hydrogen-bond acceptors (Lipinski definition) is 4. The van der Waals surface area contributed by atoms with Gasteiger partial charge in [0.2, 0.25) is 5.91 Å². The van der Waals surface area contributed by atoms with Gasteiger partial charge in [-0.3, -0.25) is 9.59 Å². The molecule has 0 saturated heterocycles. The van der Waals surface area contributed by atoms with E-state index < -0.39 is 0 Å². The summed E-state index contributed by atoms with van der Waals surface area (Å²) in [6, 6.07) is 9.52. The van der Waals surface area contributed by atoms with Crippen molar-refractivity contribution in [3.05, 3.63) is 58.1 Å². The summed E-state index contributed by atoms with van der Waals surface area (Å²) in [5.41, 5.74) is 5.30. The predicted octanol–water partition coefficient (Wildman–Crippen LogP) is 4.34. The number of nitrogens with one attached hydrogen (secondary N) is 1. The molecule has 1 amide bonds. The van der Waals surface area contributed by atoms with Crippen LogP contribution in [0.3, 0.4) is 0 Å². The monoisotopic (exact) mass is 395 g/mol. The van der Waals surface area contributed by atoms with E-state index >= 15 is 0 Å². The quantitative estimate of drug-likeness (QED) is 0.675. The van der Waals surface area contributed by atoms with Gasteiger partial charge in [-0.25, -0.2) is 0 Å². The Balaban J connectivity index is 1.58. The van der Waals surface area contributed by atoms with Gasteiger partial charge in [0, 0.05) is 18.4 Å². The highest BCUT2D eigenvalue weighted by atomic mass is 16.5. The van der Waals surface area contributed by atoms with Crippen molar-refractivity contribution in [2.24, 2.45) is 0 Å². The Morgan fingerprint density at radius 2 is 1.69 bits per heavy atom. The van der Waals surface area contributed by atoms with Crippen molar-refractivity contribution >= 4 is 11.7 Å². The molecule has 5 nitrogen and oxygen atoms in total. The number of aryl methyl sites for hydroxylation is 3. The molecule has 0 saturated carbocycles. The van der Waals surface area contributed by atoms with Crippen molar-refractivity contribution < 1.29 is 19.1 Å². The van der Waals surface area contributed by atoms with Gasteiger partial charge in [0.15, 0.2) is 17.3 Å². The minimum atomic E-state index is -0.197. The number of hydrogen-bond donors (Lipinski definition) is 1. The maximum Gasteiger partial charge on any atom is 0.220 e. The fourth-order valence-electron chi connectivity index (χ4n) is 3.97. The Hall–Kier alpha value is -2.82.